The SMILES string of the molecule is CC#CCC1(C2CC2)c2cc(Cl)ccc2NC(=O)N1C. The zero-order valence-corrected chi connectivity index (χ0v) is 12.4. The summed E-state index contributed by atoms with van der Waals surface area (Å²) in [4.78, 5) is 14.1. The maximum Gasteiger partial charge on any atom is 0.322 e. The Morgan fingerprint density at radius 1 is 1.50 bits per heavy atom. The molecule has 1 saturated carbocycles. The van der Waals surface area contributed by atoms with E-state index < -0.39 is 0 Å². The molecule has 1 atom stereocenters. The largest absolute Gasteiger partial charge is 0.322 e. The van der Waals surface area contributed by atoms with Gasteiger partial charge in [-0.3, -0.25) is 0 Å². The second-order valence-corrected chi connectivity index (χ2v) is 5.92. The van der Waals surface area contributed by atoms with Crippen LogP contribution in [0, 0.1) is 17.8 Å². The fourth-order valence-corrected chi connectivity index (χ4v) is 3.35. The van der Waals surface area contributed by atoms with Crippen molar-refractivity contribution in [1.29, 1.82) is 0 Å². The van der Waals surface area contributed by atoms with Crippen LogP contribution in [0.15, 0.2) is 18.2 Å². The summed E-state index contributed by atoms with van der Waals surface area (Å²) in [5.74, 6) is 6.61. The molecule has 0 aromatic heterocycles. The molecule has 4 heteroatoms. The van der Waals surface area contributed by atoms with Crippen molar-refractivity contribution < 1.29 is 4.79 Å². The van der Waals surface area contributed by atoms with Gasteiger partial charge in [-0.25, -0.2) is 4.79 Å². The van der Waals surface area contributed by atoms with Crippen LogP contribution >= 0.6 is 11.6 Å². The fourth-order valence-electron chi connectivity index (χ4n) is 3.18. The van der Waals surface area contributed by atoms with Gasteiger partial charge in [0.15, 0.2) is 0 Å². The number of carbonyl (C=O) groups is 1. The molecule has 3 nitrogen and oxygen atoms in total. The number of hydrogen-bond donors (Lipinski definition) is 1. The quantitative estimate of drug-likeness (QED) is 0.824. The number of rotatable bonds is 2. The van der Waals surface area contributed by atoms with Gasteiger partial charge < -0.3 is 10.2 Å². The van der Waals surface area contributed by atoms with Gasteiger partial charge in [0, 0.05) is 29.7 Å². The van der Waals surface area contributed by atoms with Gasteiger partial charge in [0.1, 0.15) is 0 Å². The summed E-state index contributed by atoms with van der Waals surface area (Å²) in [6.07, 6.45) is 2.93. The molecule has 1 aromatic rings. The van der Waals surface area contributed by atoms with Crippen LogP contribution in [0.5, 0.6) is 0 Å². The van der Waals surface area contributed by atoms with E-state index in [0.717, 1.165) is 24.1 Å². The lowest BCUT2D eigenvalue weighted by Crippen LogP contribution is -2.54. The Balaban J connectivity index is 2.21. The molecule has 104 valence electrons. The predicted molar refractivity (Wildman–Crippen MR) is 80.7 cm³/mol. The van der Waals surface area contributed by atoms with Crippen molar-refractivity contribution in [2.24, 2.45) is 5.92 Å². The van der Waals surface area contributed by atoms with Crippen molar-refractivity contribution in [2.45, 2.75) is 31.7 Å². The zero-order valence-electron chi connectivity index (χ0n) is 11.7. The minimum Gasteiger partial charge on any atom is -0.317 e. The van der Waals surface area contributed by atoms with Gasteiger partial charge in [0.05, 0.1) is 5.54 Å². The summed E-state index contributed by atoms with van der Waals surface area (Å²) in [5.41, 5.74) is 1.62. The Bertz CT molecular complexity index is 627. The molecule has 1 heterocycles. The molecule has 2 amide bonds. The number of fused-ring (bicyclic) bond motifs is 1. The number of hydrogen-bond acceptors (Lipinski definition) is 1. The van der Waals surface area contributed by atoms with E-state index in [4.69, 9.17) is 11.6 Å². The van der Waals surface area contributed by atoms with Gasteiger partial charge in [-0.05, 0) is 43.9 Å². The Morgan fingerprint density at radius 3 is 2.90 bits per heavy atom. The van der Waals surface area contributed by atoms with Crippen molar-refractivity contribution in [3.8, 4) is 11.8 Å². The molecule has 1 aromatic carbocycles. The smallest absolute Gasteiger partial charge is 0.317 e. The molecule has 1 aliphatic carbocycles. The minimum atomic E-state index is -0.342. The number of benzene rings is 1. The molecule has 1 unspecified atom stereocenters. The van der Waals surface area contributed by atoms with Gasteiger partial charge in [-0.15, -0.1) is 11.8 Å². The first kappa shape index (κ1) is 13.3. The third-order valence-corrected chi connectivity index (χ3v) is 4.62. The van der Waals surface area contributed by atoms with Crippen LogP contribution in [0.3, 0.4) is 0 Å². The average molecular weight is 289 g/mol. The Hall–Kier alpha value is -1.66. The highest BCUT2D eigenvalue weighted by Gasteiger charge is 2.53. The highest BCUT2D eigenvalue weighted by atomic mass is 35.5. The number of urea groups is 1. The minimum absolute atomic E-state index is 0.0652. The van der Waals surface area contributed by atoms with Gasteiger partial charge in [-0.1, -0.05) is 11.6 Å². The van der Waals surface area contributed by atoms with E-state index in [1.165, 1.54) is 0 Å². The van der Waals surface area contributed by atoms with Crippen LogP contribution in [0.4, 0.5) is 10.5 Å². The summed E-state index contributed by atoms with van der Waals surface area (Å²) in [6.45, 7) is 1.84. The molecule has 1 N–H and O–H groups in total. The molecule has 1 aliphatic heterocycles. The molecule has 0 spiro atoms. The van der Waals surface area contributed by atoms with E-state index in [0.29, 0.717) is 17.4 Å². The summed E-state index contributed by atoms with van der Waals surface area (Å²) in [7, 11) is 1.86. The Labute approximate surface area is 124 Å². The van der Waals surface area contributed by atoms with E-state index in [1.54, 1.807) is 0 Å². The molecular formula is C16H17ClN2O. The van der Waals surface area contributed by atoms with Crippen molar-refractivity contribution in [1.82, 2.24) is 4.90 Å². The van der Waals surface area contributed by atoms with Crippen molar-refractivity contribution in [3.05, 3.63) is 28.8 Å². The van der Waals surface area contributed by atoms with Gasteiger partial charge in [0.2, 0.25) is 0 Å². The second kappa shape index (κ2) is 4.71. The van der Waals surface area contributed by atoms with Gasteiger partial charge in [-0.2, -0.15) is 0 Å². The van der Waals surface area contributed by atoms with E-state index in [2.05, 4.69) is 17.2 Å². The van der Waals surface area contributed by atoms with Crippen molar-refractivity contribution in [2.75, 3.05) is 12.4 Å². The molecule has 3 rings (SSSR count). The maximum absolute atomic E-state index is 12.3. The molecule has 2 aliphatic rings. The molecule has 0 radical (unpaired) electrons. The van der Waals surface area contributed by atoms with Crippen molar-refractivity contribution >= 4 is 23.3 Å². The summed E-state index contributed by atoms with van der Waals surface area (Å²) < 4.78 is 0. The average Bonchev–Trinajstić information content (AvgIpc) is 3.26. The zero-order chi connectivity index (χ0) is 14.3. The van der Waals surface area contributed by atoms with Crippen LogP contribution in [-0.4, -0.2) is 18.0 Å². The number of amides is 2. The number of halogens is 1. The van der Waals surface area contributed by atoms with Crippen LogP contribution in [-0.2, 0) is 5.54 Å². The van der Waals surface area contributed by atoms with Crippen molar-refractivity contribution in [3.63, 3.8) is 0 Å². The standard InChI is InChI=1S/C16H17ClN2O/c1-3-4-9-16(11-5-6-11)13-10-12(17)7-8-14(13)18-15(20)19(16)2/h7-8,10-11H,5-6,9H2,1-2H3,(H,18,20). The van der Waals surface area contributed by atoms with Gasteiger partial charge >= 0.3 is 6.03 Å². The third-order valence-electron chi connectivity index (χ3n) is 4.38. The lowest BCUT2D eigenvalue weighted by molar-refractivity contribution is 0.121. The van der Waals surface area contributed by atoms with E-state index >= 15 is 0 Å². The second-order valence-electron chi connectivity index (χ2n) is 5.48. The number of nitrogens with zero attached hydrogens (tertiary/aromatic N) is 1. The third kappa shape index (κ3) is 1.87. The van der Waals surface area contributed by atoms with Crippen LogP contribution in [0.25, 0.3) is 0 Å². The molecular weight excluding hydrogens is 272 g/mol. The van der Waals surface area contributed by atoms with Crippen LogP contribution in [0.2, 0.25) is 5.02 Å². The Kier molecular flexibility index (Phi) is 3.14. The molecule has 0 bridgehead atoms. The lowest BCUT2D eigenvalue weighted by atomic mass is 9.78. The number of anilines is 1. The van der Waals surface area contributed by atoms with Gasteiger partial charge in [0.25, 0.3) is 0 Å². The van der Waals surface area contributed by atoms with E-state index in [9.17, 15) is 4.79 Å². The highest BCUT2D eigenvalue weighted by molar-refractivity contribution is 6.30. The molecule has 0 saturated heterocycles. The predicted octanol–water partition coefficient (Wildman–Crippen LogP) is 3.84. The van der Waals surface area contributed by atoms with Crippen LogP contribution < -0.4 is 5.32 Å². The summed E-state index contributed by atoms with van der Waals surface area (Å²) >= 11 is 6.18. The van der Waals surface area contributed by atoms with E-state index in [-0.39, 0.29) is 11.6 Å². The lowest BCUT2D eigenvalue weighted by Gasteiger charge is -2.46. The molecule has 20 heavy (non-hydrogen) atoms. The fraction of sp³-hybridized carbons (Fsp3) is 0.438. The topological polar surface area (TPSA) is 32.3 Å². The maximum atomic E-state index is 12.3. The number of nitrogens with one attached hydrogen (secondary N) is 1. The molecule has 1 fully saturated rings. The summed E-state index contributed by atoms with van der Waals surface area (Å²) in [6, 6.07) is 5.61. The monoisotopic (exact) mass is 288 g/mol. The van der Waals surface area contributed by atoms with E-state index in [1.807, 2.05) is 37.1 Å². The first-order valence-electron chi connectivity index (χ1n) is 6.84. The number of carbonyl (C=O) groups excluding carboxylic acids is 1. The summed E-state index contributed by atoms with van der Waals surface area (Å²) in [5, 5.41) is 3.63. The first-order valence-corrected chi connectivity index (χ1v) is 7.22. The first-order chi connectivity index (χ1) is 9.59. The highest BCUT2D eigenvalue weighted by Crippen LogP contribution is 2.54. The Morgan fingerprint density at radius 2 is 2.25 bits per heavy atom. The normalized spacial score (nSPS) is 24.6. The van der Waals surface area contributed by atoms with Crippen LogP contribution in [0.1, 0.15) is 31.7 Å².